The summed E-state index contributed by atoms with van der Waals surface area (Å²) < 4.78 is 43.5. The van der Waals surface area contributed by atoms with Crippen molar-refractivity contribution in [2.24, 2.45) is 0 Å². The zero-order valence-electron chi connectivity index (χ0n) is 19.2. The lowest BCUT2D eigenvalue weighted by Crippen LogP contribution is -2.53. The van der Waals surface area contributed by atoms with Gasteiger partial charge in [-0.3, -0.25) is 14.5 Å². The Hall–Kier alpha value is -2.44. The summed E-state index contributed by atoms with van der Waals surface area (Å²) in [7, 11) is 2.06. The summed E-state index contributed by atoms with van der Waals surface area (Å²) in [5, 5.41) is 6.63. The molecular weight excluding hydrogens is 471 g/mol. The van der Waals surface area contributed by atoms with Gasteiger partial charge in [-0.1, -0.05) is 5.16 Å². The second-order valence-electron chi connectivity index (χ2n) is 8.88. The van der Waals surface area contributed by atoms with Gasteiger partial charge in [-0.25, -0.2) is 0 Å². The number of piperidine rings is 1. The minimum Gasteiger partial charge on any atom is -0.351 e. The minimum atomic E-state index is -4.62. The number of rotatable bonds is 5. The van der Waals surface area contributed by atoms with Crippen LogP contribution in [0.5, 0.6) is 0 Å². The predicted octanol–water partition coefficient (Wildman–Crippen LogP) is 2.70. The normalized spacial score (nSPS) is 20.5. The van der Waals surface area contributed by atoms with Crippen LogP contribution in [0.2, 0.25) is 0 Å². The number of thiophene rings is 1. The fraction of sp³-hybridized carbons (Fsp3) is 0.591. The van der Waals surface area contributed by atoms with Gasteiger partial charge in [0, 0.05) is 50.9 Å². The summed E-state index contributed by atoms with van der Waals surface area (Å²) in [6, 6.07) is 3.06. The van der Waals surface area contributed by atoms with Crippen LogP contribution in [0.3, 0.4) is 0 Å². The second-order valence-corrected chi connectivity index (χ2v) is 9.97. The first kappa shape index (κ1) is 24.7. The molecule has 0 aliphatic carbocycles. The van der Waals surface area contributed by atoms with Crippen molar-refractivity contribution in [1.82, 2.24) is 25.2 Å². The number of piperazine rings is 1. The number of hydrogen-bond donors (Lipinski definition) is 1. The lowest BCUT2D eigenvalue weighted by Gasteiger charge is -2.34. The van der Waals surface area contributed by atoms with Crippen LogP contribution in [-0.4, -0.2) is 90.6 Å². The Morgan fingerprint density at radius 3 is 2.62 bits per heavy atom. The molecule has 0 bridgehead atoms. The molecule has 1 atom stereocenters. The van der Waals surface area contributed by atoms with Crippen molar-refractivity contribution in [3.8, 4) is 10.6 Å². The molecule has 1 unspecified atom stereocenters. The quantitative estimate of drug-likeness (QED) is 0.682. The average molecular weight is 500 g/mol. The molecule has 186 valence electrons. The first-order valence-electron chi connectivity index (χ1n) is 11.2. The molecule has 0 radical (unpaired) electrons. The maximum Gasteiger partial charge on any atom is 0.452 e. The van der Waals surface area contributed by atoms with Crippen LogP contribution >= 0.6 is 11.3 Å². The molecule has 8 nitrogen and oxygen atoms in total. The topological polar surface area (TPSA) is 81.9 Å². The third-order valence-electron chi connectivity index (χ3n) is 6.27. The van der Waals surface area contributed by atoms with E-state index in [1.807, 2.05) is 0 Å². The van der Waals surface area contributed by atoms with E-state index in [1.54, 1.807) is 17.0 Å². The molecule has 12 heteroatoms. The van der Waals surface area contributed by atoms with Gasteiger partial charge in [0.25, 0.3) is 5.91 Å². The Bertz CT molecular complexity index is 1030. The number of carbonyl (C=O) groups excluding carboxylic acids is 2. The minimum absolute atomic E-state index is 0.0377. The Morgan fingerprint density at radius 1 is 1.21 bits per heavy atom. The molecule has 2 aliphatic rings. The number of alkyl halides is 3. The van der Waals surface area contributed by atoms with Crippen LogP contribution in [0.1, 0.15) is 33.8 Å². The molecule has 4 heterocycles. The third-order valence-corrected chi connectivity index (χ3v) is 7.35. The molecule has 2 aliphatic heterocycles. The highest BCUT2D eigenvalue weighted by Crippen LogP contribution is 2.38. The van der Waals surface area contributed by atoms with Crippen LogP contribution in [0.4, 0.5) is 13.2 Å². The van der Waals surface area contributed by atoms with Crippen LogP contribution in [0, 0.1) is 6.92 Å². The van der Waals surface area contributed by atoms with E-state index in [1.165, 1.54) is 6.92 Å². The largest absolute Gasteiger partial charge is 0.452 e. The van der Waals surface area contributed by atoms with Crippen molar-refractivity contribution in [3.63, 3.8) is 0 Å². The molecular formula is C22H28F3N5O3S. The highest BCUT2D eigenvalue weighted by atomic mass is 32.1. The van der Waals surface area contributed by atoms with E-state index in [4.69, 9.17) is 0 Å². The second kappa shape index (κ2) is 10.0. The van der Waals surface area contributed by atoms with E-state index < -0.39 is 11.9 Å². The molecule has 0 saturated carbocycles. The molecule has 2 amide bonds. The lowest BCUT2D eigenvalue weighted by molar-refractivity contribution is -0.156. The van der Waals surface area contributed by atoms with Crippen molar-refractivity contribution >= 4 is 23.2 Å². The van der Waals surface area contributed by atoms with Gasteiger partial charge in [0.05, 0.1) is 16.3 Å². The summed E-state index contributed by atoms with van der Waals surface area (Å²) in [6.45, 7) is 6.21. The summed E-state index contributed by atoms with van der Waals surface area (Å²) >= 11 is 1.09. The van der Waals surface area contributed by atoms with E-state index >= 15 is 0 Å². The van der Waals surface area contributed by atoms with Crippen LogP contribution in [-0.2, 0) is 11.0 Å². The first-order chi connectivity index (χ1) is 16.1. The van der Waals surface area contributed by atoms with E-state index in [-0.39, 0.29) is 29.1 Å². The van der Waals surface area contributed by atoms with Gasteiger partial charge in [-0.2, -0.15) is 13.2 Å². The van der Waals surface area contributed by atoms with Gasteiger partial charge in [0.2, 0.25) is 11.7 Å². The number of aromatic nitrogens is 1. The fourth-order valence-corrected chi connectivity index (χ4v) is 5.34. The van der Waals surface area contributed by atoms with E-state index in [0.29, 0.717) is 29.4 Å². The summed E-state index contributed by atoms with van der Waals surface area (Å²) in [4.78, 5) is 32.5. The van der Waals surface area contributed by atoms with Crippen LogP contribution in [0.15, 0.2) is 16.7 Å². The molecule has 4 rings (SSSR count). The highest BCUT2D eigenvalue weighted by Gasteiger charge is 2.39. The number of carbonyl (C=O) groups is 2. The fourth-order valence-electron chi connectivity index (χ4n) is 4.33. The van der Waals surface area contributed by atoms with Gasteiger partial charge in [-0.05, 0) is 38.9 Å². The van der Waals surface area contributed by atoms with Gasteiger partial charge >= 0.3 is 6.18 Å². The van der Waals surface area contributed by atoms with Gasteiger partial charge < -0.3 is 19.6 Å². The number of halogens is 3. The molecule has 2 saturated heterocycles. The van der Waals surface area contributed by atoms with Crippen molar-refractivity contribution in [2.75, 3.05) is 52.9 Å². The molecule has 1 N–H and O–H groups in total. The van der Waals surface area contributed by atoms with Crippen molar-refractivity contribution in [2.45, 2.75) is 32.0 Å². The maximum absolute atomic E-state index is 13.1. The number of likely N-dealkylation sites (N-methyl/N-ethyl adjacent to an activating group) is 1. The summed E-state index contributed by atoms with van der Waals surface area (Å²) in [6.07, 6.45) is -3.06. The van der Waals surface area contributed by atoms with Crippen molar-refractivity contribution < 1.29 is 27.3 Å². The number of likely N-dealkylation sites (tertiary alicyclic amines) is 1. The molecule has 34 heavy (non-hydrogen) atoms. The Labute approximate surface area is 199 Å². The molecule has 0 aromatic carbocycles. The standard InChI is InChI=1S/C22H28F3N5O3S/c1-14-19(27-33-20(14)22(23,24)25)16-5-6-17(34-16)21(32)30-7-3-4-15(12-30)26-18(31)13-29-10-8-28(2)9-11-29/h5-6,15H,3-4,7-13H2,1-2H3,(H,26,31). The highest BCUT2D eigenvalue weighted by molar-refractivity contribution is 7.17. The summed E-state index contributed by atoms with van der Waals surface area (Å²) in [5.41, 5.74) is -0.0153. The van der Waals surface area contributed by atoms with Crippen molar-refractivity contribution in [1.29, 1.82) is 0 Å². The Balaban J connectivity index is 1.35. The zero-order valence-corrected chi connectivity index (χ0v) is 20.0. The van der Waals surface area contributed by atoms with Crippen LogP contribution in [0.25, 0.3) is 10.6 Å². The SMILES string of the molecule is Cc1c(-c2ccc(C(=O)N3CCCC(NC(=O)CN4CCN(C)CC4)C3)s2)noc1C(F)(F)F. The number of hydrogen-bond acceptors (Lipinski definition) is 7. The third kappa shape index (κ3) is 5.61. The Morgan fingerprint density at radius 2 is 1.94 bits per heavy atom. The molecule has 2 aromatic rings. The molecule has 2 fully saturated rings. The van der Waals surface area contributed by atoms with E-state index in [9.17, 15) is 22.8 Å². The smallest absolute Gasteiger partial charge is 0.351 e. The van der Waals surface area contributed by atoms with Crippen molar-refractivity contribution in [3.05, 3.63) is 28.3 Å². The van der Waals surface area contributed by atoms with Gasteiger partial charge in [0.15, 0.2) is 0 Å². The lowest BCUT2D eigenvalue weighted by atomic mass is 10.1. The summed E-state index contributed by atoms with van der Waals surface area (Å²) in [5.74, 6) is -1.37. The number of nitrogens with zero attached hydrogens (tertiary/aromatic N) is 4. The Kier molecular flexibility index (Phi) is 7.29. The van der Waals surface area contributed by atoms with E-state index in [2.05, 4.69) is 31.8 Å². The number of amides is 2. The molecule has 0 spiro atoms. The predicted molar refractivity (Wildman–Crippen MR) is 121 cm³/mol. The zero-order chi connectivity index (χ0) is 24.5. The molecule has 2 aromatic heterocycles. The average Bonchev–Trinajstić information content (AvgIpc) is 3.41. The monoisotopic (exact) mass is 499 g/mol. The van der Waals surface area contributed by atoms with Gasteiger partial charge in [-0.15, -0.1) is 11.3 Å². The van der Waals surface area contributed by atoms with Gasteiger partial charge in [0.1, 0.15) is 5.69 Å². The maximum atomic E-state index is 13.1. The van der Waals surface area contributed by atoms with Crippen LogP contribution < -0.4 is 5.32 Å². The number of nitrogens with one attached hydrogen (secondary N) is 1. The van der Waals surface area contributed by atoms with E-state index in [0.717, 1.165) is 50.4 Å². The first-order valence-corrected chi connectivity index (χ1v) is 12.1.